The van der Waals surface area contributed by atoms with Crippen LogP contribution in [0.3, 0.4) is 0 Å². The molecule has 28 heavy (non-hydrogen) atoms. The van der Waals surface area contributed by atoms with Crippen LogP contribution in [0, 0.1) is 11.6 Å². The molecule has 6 nitrogen and oxygen atoms in total. The quantitative estimate of drug-likeness (QED) is 0.728. The molecule has 2 atom stereocenters. The Bertz CT molecular complexity index is 1120. The number of nitrogens with zero attached hydrogens (tertiary/aromatic N) is 2. The molecule has 1 aliphatic heterocycles. The van der Waals surface area contributed by atoms with Crippen LogP contribution in [0.15, 0.2) is 41.2 Å². The summed E-state index contributed by atoms with van der Waals surface area (Å²) in [7, 11) is 1.62. The Morgan fingerprint density at radius 1 is 1.21 bits per heavy atom. The summed E-state index contributed by atoms with van der Waals surface area (Å²) in [4.78, 5) is 26.4. The molecule has 0 radical (unpaired) electrons. The van der Waals surface area contributed by atoms with Crippen molar-refractivity contribution in [2.75, 3.05) is 12.4 Å². The number of aromatic amines is 1. The molecular formula is C20H18F2N4O2. The number of amides is 1. The van der Waals surface area contributed by atoms with Crippen LogP contribution in [0.25, 0.3) is 10.8 Å². The van der Waals surface area contributed by atoms with E-state index in [1.54, 1.807) is 14.0 Å². The standard InChI is InChI=1S/C20H18F2N4O2/c1-10(18-12-8-14(21)15(22)9-13(12)19(27)25-24-18)26(2)20(28)17-7-11-5-3-4-6-16(11)23-17/h3-6,8-10,17,23H,7H2,1-2H3,(H,25,27)/t10-,17-/m0/s1. The molecule has 2 N–H and O–H groups in total. The van der Waals surface area contributed by atoms with Crippen molar-refractivity contribution in [1.29, 1.82) is 0 Å². The van der Waals surface area contributed by atoms with E-state index in [0.717, 1.165) is 23.4 Å². The van der Waals surface area contributed by atoms with Gasteiger partial charge in [-0.3, -0.25) is 9.59 Å². The normalized spacial score (nSPS) is 16.5. The number of rotatable bonds is 3. The number of fused-ring (bicyclic) bond motifs is 2. The van der Waals surface area contributed by atoms with Crippen LogP contribution in [0.4, 0.5) is 14.5 Å². The molecule has 4 rings (SSSR count). The highest BCUT2D eigenvalue weighted by Gasteiger charge is 2.31. The first-order valence-electron chi connectivity index (χ1n) is 8.85. The lowest BCUT2D eigenvalue weighted by atomic mass is 10.0. The van der Waals surface area contributed by atoms with E-state index in [2.05, 4.69) is 15.5 Å². The third-order valence-corrected chi connectivity index (χ3v) is 5.25. The van der Waals surface area contributed by atoms with E-state index in [9.17, 15) is 18.4 Å². The van der Waals surface area contributed by atoms with Crippen molar-refractivity contribution in [3.63, 3.8) is 0 Å². The molecule has 2 heterocycles. The topological polar surface area (TPSA) is 78.1 Å². The molecule has 0 saturated carbocycles. The Labute approximate surface area is 159 Å². The molecule has 0 fully saturated rings. The van der Waals surface area contributed by atoms with Crippen molar-refractivity contribution in [2.24, 2.45) is 0 Å². The Morgan fingerprint density at radius 2 is 1.89 bits per heavy atom. The Balaban J connectivity index is 1.65. The second-order valence-electron chi connectivity index (χ2n) is 6.93. The fraction of sp³-hybridized carbons (Fsp3) is 0.250. The van der Waals surface area contributed by atoms with Crippen LogP contribution in [0.2, 0.25) is 0 Å². The molecule has 1 aliphatic rings. The predicted molar refractivity (Wildman–Crippen MR) is 101 cm³/mol. The van der Waals surface area contributed by atoms with Gasteiger partial charge in [0.2, 0.25) is 5.91 Å². The zero-order valence-electron chi connectivity index (χ0n) is 15.3. The number of carbonyl (C=O) groups is 1. The first-order valence-corrected chi connectivity index (χ1v) is 8.85. The number of hydrogen-bond donors (Lipinski definition) is 2. The number of benzene rings is 2. The summed E-state index contributed by atoms with van der Waals surface area (Å²) in [6, 6.07) is 8.50. The van der Waals surface area contributed by atoms with Gasteiger partial charge >= 0.3 is 0 Å². The number of hydrogen-bond acceptors (Lipinski definition) is 4. The lowest BCUT2D eigenvalue weighted by Gasteiger charge is -2.28. The van der Waals surface area contributed by atoms with Gasteiger partial charge in [0.15, 0.2) is 11.6 Å². The van der Waals surface area contributed by atoms with Crippen LogP contribution in [0.5, 0.6) is 0 Å². The van der Waals surface area contributed by atoms with Gasteiger partial charge in [-0.2, -0.15) is 5.10 Å². The first kappa shape index (κ1) is 18.1. The summed E-state index contributed by atoms with van der Waals surface area (Å²) in [5, 5.41) is 9.68. The van der Waals surface area contributed by atoms with Crippen molar-refractivity contribution in [3.05, 3.63) is 69.6 Å². The van der Waals surface area contributed by atoms with Gasteiger partial charge in [0, 0.05) is 24.5 Å². The smallest absolute Gasteiger partial charge is 0.272 e. The molecule has 2 aromatic carbocycles. The summed E-state index contributed by atoms with van der Waals surface area (Å²) < 4.78 is 27.3. The van der Waals surface area contributed by atoms with Gasteiger partial charge in [-0.25, -0.2) is 13.9 Å². The maximum atomic E-state index is 13.8. The van der Waals surface area contributed by atoms with Gasteiger partial charge < -0.3 is 10.2 Å². The number of halogens is 2. The zero-order valence-corrected chi connectivity index (χ0v) is 15.3. The van der Waals surface area contributed by atoms with Crippen molar-refractivity contribution >= 4 is 22.4 Å². The number of anilines is 1. The molecule has 1 aromatic heterocycles. The van der Waals surface area contributed by atoms with Crippen molar-refractivity contribution in [1.82, 2.24) is 15.1 Å². The van der Waals surface area contributed by atoms with E-state index in [0.29, 0.717) is 12.1 Å². The molecular weight excluding hydrogens is 366 g/mol. The highest BCUT2D eigenvalue weighted by molar-refractivity contribution is 5.89. The van der Waals surface area contributed by atoms with Crippen molar-refractivity contribution in [2.45, 2.75) is 25.4 Å². The lowest BCUT2D eigenvalue weighted by Crippen LogP contribution is -2.41. The van der Waals surface area contributed by atoms with Crippen LogP contribution in [-0.4, -0.2) is 34.1 Å². The molecule has 0 aliphatic carbocycles. The minimum atomic E-state index is -1.11. The Morgan fingerprint density at radius 3 is 2.61 bits per heavy atom. The third-order valence-electron chi connectivity index (χ3n) is 5.25. The van der Waals surface area contributed by atoms with E-state index in [1.807, 2.05) is 24.3 Å². The Hall–Kier alpha value is -3.29. The number of carbonyl (C=O) groups excluding carboxylic acids is 1. The fourth-order valence-corrected chi connectivity index (χ4v) is 3.56. The summed E-state index contributed by atoms with van der Waals surface area (Å²) in [6.07, 6.45) is 0.561. The predicted octanol–water partition coefficient (Wildman–Crippen LogP) is 2.76. The monoisotopic (exact) mass is 384 g/mol. The largest absolute Gasteiger partial charge is 0.373 e. The molecule has 0 bridgehead atoms. The average Bonchev–Trinajstić information content (AvgIpc) is 3.12. The summed E-state index contributed by atoms with van der Waals surface area (Å²) in [5.41, 5.74) is 1.66. The summed E-state index contributed by atoms with van der Waals surface area (Å²) in [6.45, 7) is 1.72. The van der Waals surface area contributed by atoms with E-state index in [1.165, 1.54) is 4.90 Å². The number of para-hydroxylation sites is 1. The van der Waals surface area contributed by atoms with Gasteiger partial charge in [0.05, 0.1) is 17.1 Å². The zero-order chi connectivity index (χ0) is 20.0. The molecule has 0 saturated heterocycles. The minimum absolute atomic E-state index is 0.0111. The van der Waals surface area contributed by atoms with E-state index in [4.69, 9.17) is 0 Å². The Kier molecular flexibility index (Phi) is 4.33. The summed E-state index contributed by atoms with van der Waals surface area (Å²) in [5.74, 6) is -2.34. The van der Waals surface area contributed by atoms with Gasteiger partial charge in [0.1, 0.15) is 6.04 Å². The lowest BCUT2D eigenvalue weighted by molar-refractivity contribution is -0.132. The van der Waals surface area contributed by atoms with Crippen molar-refractivity contribution in [3.8, 4) is 0 Å². The minimum Gasteiger partial charge on any atom is -0.373 e. The second-order valence-corrected chi connectivity index (χ2v) is 6.93. The van der Waals surface area contributed by atoms with Crippen LogP contribution >= 0.6 is 0 Å². The molecule has 3 aromatic rings. The fourth-order valence-electron chi connectivity index (χ4n) is 3.56. The summed E-state index contributed by atoms with van der Waals surface area (Å²) >= 11 is 0. The van der Waals surface area contributed by atoms with Gasteiger partial charge in [-0.05, 0) is 30.7 Å². The van der Waals surface area contributed by atoms with Crippen LogP contribution in [0.1, 0.15) is 24.2 Å². The van der Waals surface area contributed by atoms with Gasteiger partial charge in [-0.15, -0.1) is 0 Å². The maximum Gasteiger partial charge on any atom is 0.272 e. The second kappa shape index (κ2) is 6.70. The number of H-pyrrole nitrogens is 1. The highest BCUT2D eigenvalue weighted by atomic mass is 19.2. The number of aromatic nitrogens is 2. The van der Waals surface area contributed by atoms with E-state index in [-0.39, 0.29) is 16.7 Å². The molecule has 0 spiro atoms. The average molecular weight is 384 g/mol. The third kappa shape index (κ3) is 2.90. The molecule has 0 unspecified atom stereocenters. The first-order chi connectivity index (χ1) is 13.4. The van der Waals surface area contributed by atoms with Gasteiger partial charge in [-0.1, -0.05) is 18.2 Å². The maximum absolute atomic E-state index is 13.8. The molecule has 1 amide bonds. The van der Waals surface area contributed by atoms with Crippen LogP contribution in [-0.2, 0) is 11.2 Å². The SMILES string of the molecule is C[C@@H](c1n[nH]c(=O)c2cc(F)c(F)cc12)N(C)C(=O)[C@@H]1Cc2ccccc2N1. The van der Waals surface area contributed by atoms with Gasteiger partial charge in [0.25, 0.3) is 5.56 Å². The van der Waals surface area contributed by atoms with E-state index < -0.39 is 29.3 Å². The molecule has 8 heteroatoms. The van der Waals surface area contributed by atoms with Crippen LogP contribution < -0.4 is 10.9 Å². The highest BCUT2D eigenvalue weighted by Crippen LogP contribution is 2.29. The number of likely N-dealkylation sites (N-methyl/N-ethyl adjacent to an activating group) is 1. The van der Waals surface area contributed by atoms with E-state index >= 15 is 0 Å². The molecule has 144 valence electrons. The number of nitrogens with one attached hydrogen (secondary N) is 2. The van der Waals surface area contributed by atoms with Crippen molar-refractivity contribution < 1.29 is 13.6 Å².